The van der Waals surface area contributed by atoms with Crippen LogP contribution in [0.15, 0.2) is 79.1 Å². The van der Waals surface area contributed by atoms with E-state index in [1.54, 1.807) is 0 Å². The molecule has 2 heterocycles. The summed E-state index contributed by atoms with van der Waals surface area (Å²) in [6, 6.07) is 23.3. The van der Waals surface area contributed by atoms with Gasteiger partial charge < -0.3 is 4.98 Å². The van der Waals surface area contributed by atoms with Gasteiger partial charge in [0.15, 0.2) is 5.78 Å². The standard InChI is InChI=1S/C29H28N2O/c1-29(2)18-25-27(26(32)19-29)24(28(31-25)23-11-13-30-14-12-23)17-22-10-6-9-21(16-22)15-20-7-4-3-5-8-20/h3-14,16,31H,15,17-19H2,1-2H3. The van der Waals surface area contributed by atoms with Crippen molar-refractivity contribution in [2.45, 2.75) is 39.5 Å². The molecule has 0 saturated heterocycles. The predicted molar refractivity (Wildman–Crippen MR) is 129 cm³/mol. The van der Waals surface area contributed by atoms with Gasteiger partial charge in [0.05, 0.1) is 5.69 Å². The Bertz CT molecular complexity index is 1250. The number of carbonyl (C=O) groups is 1. The van der Waals surface area contributed by atoms with Crippen LogP contribution in [0.1, 0.15) is 58.6 Å². The third-order valence-electron chi connectivity index (χ3n) is 6.35. The summed E-state index contributed by atoms with van der Waals surface area (Å²) in [6.07, 6.45) is 6.74. The number of carbonyl (C=O) groups excluding carboxylic acids is 1. The Hall–Kier alpha value is -3.46. The highest BCUT2D eigenvalue weighted by atomic mass is 16.1. The molecule has 1 aliphatic carbocycles. The summed E-state index contributed by atoms with van der Waals surface area (Å²) in [6.45, 7) is 4.35. The SMILES string of the molecule is CC1(C)CC(=O)c2c([nH]c(-c3ccncc3)c2Cc2cccc(Cc3ccccc3)c2)C1. The number of nitrogens with zero attached hydrogens (tertiary/aromatic N) is 1. The summed E-state index contributed by atoms with van der Waals surface area (Å²) in [7, 11) is 0. The molecule has 0 aliphatic heterocycles. The van der Waals surface area contributed by atoms with Crippen molar-refractivity contribution in [3.05, 3.63) is 113 Å². The molecule has 160 valence electrons. The Morgan fingerprint density at radius 3 is 2.28 bits per heavy atom. The van der Waals surface area contributed by atoms with Crippen molar-refractivity contribution >= 4 is 5.78 Å². The minimum atomic E-state index is -0.0165. The molecule has 0 fully saturated rings. The zero-order valence-electron chi connectivity index (χ0n) is 18.7. The number of fused-ring (bicyclic) bond motifs is 1. The molecule has 2 aromatic heterocycles. The fourth-order valence-electron chi connectivity index (χ4n) is 4.96. The van der Waals surface area contributed by atoms with E-state index in [0.717, 1.165) is 47.3 Å². The molecule has 0 atom stereocenters. The van der Waals surface area contributed by atoms with Gasteiger partial charge in [-0.25, -0.2) is 0 Å². The maximum atomic E-state index is 13.2. The number of Topliss-reactive ketones (excluding diaryl/α,β-unsaturated/α-hetero) is 1. The Balaban J connectivity index is 1.54. The third kappa shape index (κ3) is 4.16. The van der Waals surface area contributed by atoms with Crippen LogP contribution in [0.25, 0.3) is 11.3 Å². The van der Waals surface area contributed by atoms with Crippen molar-refractivity contribution < 1.29 is 4.79 Å². The van der Waals surface area contributed by atoms with E-state index in [1.807, 2.05) is 30.6 Å². The number of aromatic amines is 1. The highest BCUT2D eigenvalue weighted by Gasteiger charge is 2.35. The first-order valence-electron chi connectivity index (χ1n) is 11.3. The normalized spacial score (nSPS) is 14.9. The Morgan fingerprint density at radius 2 is 1.53 bits per heavy atom. The highest BCUT2D eigenvalue weighted by molar-refractivity contribution is 6.02. The average Bonchev–Trinajstić information content (AvgIpc) is 3.12. The van der Waals surface area contributed by atoms with Gasteiger partial charge in [-0.3, -0.25) is 9.78 Å². The minimum Gasteiger partial charge on any atom is -0.358 e. The molecule has 2 aromatic carbocycles. The number of H-pyrrole nitrogens is 1. The number of aromatic nitrogens is 2. The lowest BCUT2D eigenvalue weighted by molar-refractivity contribution is 0.0911. The number of ketones is 1. The van der Waals surface area contributed by atoms with Gasteiger partial charge in [0.1, 0.15) is 0 Å². The van der Waals surface area contributed by atoms with Gasteiger partial charge in [-0.15, -0.1) is 0 Å². The van der Waals surface area contributed by atoms with Gasteiger partial charge in [-0.2, -0.15) is 0 Å². The van der Waals surface area contributed by atoms with Gasteiger partial charge in [-0.05, 0) is 52.6 Å². The lowest BCUT2D eigenvalue weighted by Crippen LogP contribution is -2.27. The molecule has 0 amide bonds. The lowest BCUT2D eigenvalue weighted by Gasteiger charge is -2.28. The molecule has 3 heteroatoms. The largest absolute Gasteiger partial charge is 0.358 e. The summed E-state index contributed by atoms with van der Waals surface area (Å²) < 4.78 is 0. The third-order valence-corrected chi connectivity index (χ3v) is 6.35. The van der Waals surface area contributed by atoms with Crippen LogP contribution in [0.3, 0.4) is 0 Å². The summed E-state index contributed by atoms with van der Waals surface area (Å²) >= 11 is 0. The zero-order chi connectivity index (χ0) is 22.1. The molecule has 0 spiro atoms. The number of nitrogens with one attached hydrogen (secondary N) is 1. The van der Waals surface area contributed by atoms with Gasteiger partial charge in [0, 0.05) is 42.1 Å². The molecule has 1 aliphatic rings. The van der Waals surface area contributed by atoms with Crippen LogP contribution in [0.5, 0.6) is 0 Å². The van der Waals surface area contributed by atoms with E-state index < -0.39 is 0 Å². The minimum absolute atomic E-state index is 0.0165. The first-order chi connectivity index (χ1) is 15.5. The van der Waals surface area contributed by atoms with E-state index in [4.69, 9.17) is 0 Å². The van der Waals surface area contributed by atoms with E-state index in [2.05, 4.69) is 72.3 Å². The quantitative estimate of drug-likeness (QED) is 0.405. The molecule has 1 N–H and O–H groups in total. The molecular formula is C29H28N2O. The molecule has 5 rings (SSSR count). The number of rotatable bonds is 5. The molecule has 0 saturated carbocycles. The van der Waals surface area contributed by atoms with E-state index in [9.17, 15) is 4.79 Å². The van der Waals surface area contributed by atoms with Gasteiger partial charge in [0.25, 0.3) is 0 Å². The fourth-order valence-corrected chi connectivity index (χ4v) is 4.96. The van der Waals surface area contributed by atoms with Crippen LogP contribution >= 0.6 is 0 Å². The van der Waals surface area contributed by atoms with Crippen molar-refractivity contribution in [1.29, 1.82) is 0 Å². The molecule has 0 radical (unpaired) electrons. The summed E-state index contributed by atoms with van der Waals surface area (Å²) in [5, 5.41) is 0. The van der Waals surface area contributed by atoms with Crippen molar-refractivity contribution in [3.8, 4) is 11.3 Å². The van der Waals surface area contributed by atoms with Crippen LogP contribution in [0.4, 0.5) is 0 Å². The molecular weight excluding hydrogens is 392 g/mol. The topological polar surface area (TPSA) is 45.8 Å². The number of hydrogen-bond donors (Lipinski definition) is 1. The summed E-state index contributed by atoms with van der Waals surface area (Å²) in [5.74, 6) is 0.253. The summed E-state index contributed by atoms with van der Waals surface area (Å²) in [5.41, 5.74) is 9.04. The van der Waals surface area contributed by atoms with Crippen LogP contribution in [0.2, 0.25) is 0 Å². The Kier molecular flexibility index (Phi) is 5.26. The van der Waals surface area contributed by atoms with E-state index in [1.165, 1.54) is 16.7 Å². The first-order valence-corrected chi connectivity index (χ1v) is 11.3. The van der Waals surface area contributed by atoms with Gasteiger partial charge >= 0.3 is 0 Å². The van der Waals surface area contributed by atoms with E-state index in [0.29, 0.717) is 6.42 Å². The van der Waals surface area contributed by atoms with Gasteiger partial charge in [0.2, 0.25) is 0 Å². The average molecular weight is 421 g/mol. The fraction of sp³-hybridized carbons (Fsp3) is 0.241. The van der Waals surface area contributed by atoms with Crippen LogP contribution < -0.4 is 0 Å². The van der Waals surface area contributed by atoms with E-state index in [-0.39, 0.29) is 11.2 Å². The number of benzene rings is 2. The smallest absolute Gasteiger partial charge is 0.165 e. The molecule has 4 aromatic rings. The zero-order valence-corrected chi connectivity index (χ0v) is 18.7. The lowest BCUT2D eigenvalue weighted by atomic mass is 9.75. The summed E-state index contributed by atoms with van der Waals surface area (Å²) in [4.78, 5) is 21.0. The van der Waals surface area contributed by atoms with Crippen molar-refractivity contribution in [1.82, 2.24) is 9.97 Å². The van der Waals surface area contributed by atoms with Crippen molar-refractivity contribution in [2.24, 2.45) is 5.41 Å². The predicted octanol–water partition coefficient (Wildman–Crippen LogP) is 6.41. The second-order valence-electron chi connectivity index (χ2n) is 9.67. The second-order valence-corrected chi connectivity index (χ2v) is 9.67. The maximum absolute atomic E-state index is 13.2. The Morgan fingerprint density at radius 1 is 0.844 bits per heavy atom. The monoisotopic (exact) mass is 420 g/mol. The molecule has 3 nitrogen and oxygen atoms in total. The number of hydrogen-bond acceptors (Lipinski definition) is 2. The second kappa shape index (κ2) is 8.23. The number of pyridine rings is 1. The van der Waals surface area contributed by atoms with Crippen molar-refractivity contribution in [3.63, 3.8) is 0 Å². The van der Waals surface area contributed by atoms with E-state index >= 15 is 0 Å². The van der Waals surface area contributed by atoms with Crippen LogP contribution in [0, 0.1) is 5.41 Å². The maximum Gasteiger partial charge on any atom is 0.165 e. The molecule has 0 bridgehead atoms. The highest BCUT2D eigenvalue weighted by Crippen LogP contribution is 2.40. The molecule has 0 unspecified atom stereocenters. The first kappa shape index (κ1) is 20.4. The molecule has 32 heavy (non-hydrogen) atoms. The Labute approximate surface area is 189 Å². The van der Waals surface area contributed by atoms with Crippen molar-refractivity contribution in [2.75, 3.05) is 0 Å². The van der Waals surface area contributed by atoms with Crippen LogP contribution in [-0.2, 0) is 19.3 Å². The van der Waals surface area contributed by atoms with Crippen LogP contribution in [-0.4, -0.2) is 15.8 Å². The van der Waals surface area contributed by atoms with Gasteiger partial charge in [-0.1, -0.05) is 68.4 Å².